The number of nitro benzene ring substituents is 3. The van der Waals surface area contributed by atoms with E-state index in [9.17, 15) is 67.5 Å². The van der Waals surface area contributed by atoms with Gasteiger partial charge < -0.3 is 35.2 Å². The summed E-state index contributed by atoms with van der Waals surface area (Å²) >= 11 is 5.81. The monoisotopic (exact) mass is 1200 g/mol. The molecular formula is C61H50ClF3N4O17. The summed E-state index contributed by atoms with van der Waals surface area (Å²) in [6.07, 6.45) is -5.62. The molecule has 0 bridgehead atoms. The van der Waals surface area contributed by atoms with E-state index in [1.54, 1.807) is 87.0 Å². The molecule has 8 rings (SSSR count). The fraction of sp³-hybridized carbons (Fsp3) is 0.131. The fourth-order valence-corrected chi connectivity index (χ4v) is 8.45. The van der Waals surface area contributed by atoms with Gasteiger partial charge in [0.05, 0.1) is 60.2 Å². The second kappa shape index (κ2) is 30.3. The quantitative estimate of drug-likeness (QED) is 0.0394. The van der Waals surface area contributed by atoms with Gasteiger partial charge in [0.25, 0.3) is 17.1 Å². The van der Waals surface area contributed by atoms with E-state index in [0.717, 1.165) is 46.2 Å². The van der Waals surface area contributed by atoms with E-state index in [0.29, 0.717) is 55.4 Å². The summed E-state index contributed by atoms with van der Waals surface area (Å²) < 4.78 is 47.9. The second-order valence-electron chi connectivity index (χ2n) is 18.2. The summed E-state index contributed by atoms with van der Waals surface area (Å²) in [7, 11) is 3.14. The number of ether oxygens (including phenoxy) is 2. The zero-order valence-electron chi connectivity index (χ0n) is 45.4. The summed E-state index contributed by atoms with van der Waals surface area (Å²) in [4.78, 5) is 85.6. The van der Waals surface area contributed by atoms with Gasteiger partial charge in [0.2, 0.25) is 5.91 Å². The molecule has 8 aromatic rings. The van der Waals surface area contributed by atoms with Gasteiger partial charge in [-0.2, -0.15) is 13.2 Å². The maximum Gasteiger partial charge on any atom is 0.416 e. The number of aliphatic carboxylic acids is 4. The summed E-state index contributed by atoms with van der Waals surface area (Å²) in [5, 5.41) is 71.5. The molecule has 0 aliphatic rings. The smallest absolute Gasteiger partial charge is 0.416 e. The first-order chi connectivity index (χ1) is 40.6. The average molecular weight is 1200 g/mol. The van der Waals surface area contributed by atoms with Gasteiger partial charge in [0.1, 0.15) is 11.5 Å². The zero-order chi connectivity index (χ0) is 63.4. The van der Waals surface area contributed by atoms with Crippen LogP contribution in [0.25, 0.3) is 44.5 Å². The van der Waals surface area contributed by atoms with E-state index >= 15 is 0 Å². The Bertz CT molecular complexity index is 3790. The van der Waals surface area contributed by atoms with Crippen LogP contribution in [-0.4, -0.2) is 79.2 Å². The Morgan fingerprint density at radius 1 is 0.453 bits per heavy atom. The van der Waals surface area contributed by atoms with Gasteiger partial charge in [-0.1, -0.05) is 66.2 Å². The third-order valence-corrected chi connectivity index (χ3v) is 12.4. The van der Waals surface area contributed by atoms with Gasteiger partial charge in [-0.15, -0.1) is 0 Å². The number of carbonyl (C=O) groups is 5. The Hall–Kier alpha value is -11.0. The second-order valence-corrected chi connectivity index (χ2v) is 18.6. The Labute approximate surface area is 491 Å². The van der Waals surface area contributed by atoms with Crippen molar-refractivity contribution in [2.45, 2.75) is 38.8 Å². The molecule has 0 unspecified atom stereocenters. The Morgan fingerprint density at radius 3 is 1.00 bits per heavy atom. The number of hydrogen-bond acceptors (Lipinski definition) is 13. The number of alkyl halides is 3. The molecule has 0 spiro atoms. The number of halogens is 4. The van der Waals surface area contributed by atoms with E-state index in [4.69, 9.17) is 41.5 Å². The molecule has 0 aliphatic heterocycles. The first-order valence-corrected chi connectivity index (χ1v) is 25.4. The average Bonchev–Trinajstić information content (AvgIpc) is 3.36. The number of rotatable bonds is 18. The number of nitrogens with one attached hydrogen (secondary N) is 1. The SMILES string of the molecule is COc1ccc(-c2ccc(NC(C)=O)cc2CC(=O)O)cc1.COc1ccc(-c2ccc([N+](=O)[O-])cc2CC(=O)O)cc1.O=C(O)Cc1cc([N+](=O)[O-])ccc1-c1ccc(C(F)(F)F)cc1.O=C(O)Cc1cc([N+](=O)[O-])ccc1-c1ccc(Cl)cc1. The van der Waals surface area contributed by atoms with Crippen molar-refractivity contribution in [2.24, 2.45) is 0 Å². The van der Waals surface area contributed by atoms with E-state index in [1.807, 2.05) is 30.3 Å². The van der Waals surface area contributed by atoms with Crippen molar-refractivity contribution in [1.82, 2.24) is 0 Å². The van der Waals surface area contributed by atoms with E-state index in [1.165, 1.54) is 55.5 Å². The number of carboxylic acid groups (broad SMARTS) is 4. The molecule has 0 radical (unpaired) electrons. The normalized spacial score (nSPS) is 10.5. The molecule has 86 heavy (non-hydrogen) atoms. The van der Waals surface area contributed by atoms with Crippen LogP contribution in [0.15, 0.2) is 170 Å². The first-order valence-electron chi connectivity index (χ1n) is 25.0. The molecule has 1 amide bonds. The number of anilines is 1. The van der Waals surface area contributed by atoms with E-state index < -0.39 is 56.8 Å². The molecular weight excluding hydrogens is 1150 g/mol. The van der Waals surface area contributed by atoms with Gasteiger partial charge in [-0.25, -0.2) is 0 Å². The van der Waals surface area contributed by atoms with Crippen LogP contribution in [0.5, 0.6) is 11.5 Å². The number of benzene rings is 8. The lowest BCUT2D eigenvalue weighted by molar-refractivity contribution is -0.385. The molecule has 444 valence electrons. The van der Waals surface area contributed by atoms with Gasteiger partial charge in [-0.3, -0.25) is 54.3 Å². The number of carbonyl (C=O) groups excluding carboxylic acids is 1. The summed E-state index contributed by atoms with van der Waals surface area (Å²) in [5.74, 6) is -2.98. The molecule has 25 heteroatoms. The Kier molecular flexibility index (Phi) is 23.2. The van der Waals surface area contributed by atoms with Crippen molar-refractivity contribution in [3.8, 4) is 56.0 Å². The highest BCUT2D eigenvalue weighted by atomic mass is 35.5. The minimum Gasteiger partial charge on any atom is -0.497 e. The first kappa shape index (κ1) is 65.8. The predicted molar refractivity (Wildman–Crippen MR) is 310 cm³/mol. The molecule has 0 heterocycles. The number of amides is 1. The third-order valence-electron chi connectivity index (χ3n) is 12.2. The Balaban J connectivity index is 0.000000210. The topological polar surface area (TPSA) is 326 Å². The van der Waals surface area contributed by atoms with Crippen LogP contribution in [0.1, 0.15) is 34.7 Å². The van der Waals surface area contributed by atoms with Gasteiger partial charge in [0, 0.05) is 54.0 Å². The van der Waals surface area contributed by atoms with Crippen molar-refractivity contribution in [1.29, 1.82) is 0 Å². The zero-order valence-corrected chi connectivity index (χ0v) is 46.2. The van der Waals surface area contributed by atoms with Crippen LogP contribution in [0.3, 0.4) is 0 Å². The highest BCUT2D eigenvalue weighted by Crippen LogP contribution is 2.35. The maximum absolute atomic E-state index is 12.6. The lowest BCUT2D eigenvalue weighted by Gasteiger charge is -2.12. The maximum atomic E-state index is 12.6. The number of nitrogens with zero attached hydrogens (tertiary/aromatic N) is 3. The highest BCUT2D eigenvalue weighted by molar-refractivity contribution is 6.30. The Morgan fingerprint density at radius 2 is 0.733 bits per heavy atom. The summed E-state index contributed by atoms with van der Waals surface area (Å²) in [6, 6.07) is 42.8. The third kappa shape index (κ3) is 19.6. The van der Waals surface area contributed by atoms with Gasteiger partial charge >= 0.3 is 30.1 Å². The molecule has 0 aliphatic carbocycles. The fourth-order valence-electron chi connectivity index (χ4n) is 8.33. The number of methoxy groups -OCH3 is 2. The molecule has 0 fully saturated rings. The van der Waals surface area contributed by atoms with Crippen LogP contribution in [-0.2, 0) is 55.8 Å². The molecule has 21 nitrogen and oxygen atoms in total. The van der Waals surface area contributed by atoms with Crippen molar-refractivity contribution in [3.63, 3.8) is 0 Å². The largest absolute Gasteiger partial charge is 0.497 e. The standard InChI is InChI=1S/C17H17NO4.C15H10F3NO4.C15H13NO5.C14H10ClNO4/c1-11(19)18-14-5-8-16(13(9-14)10-17(20)21)12-3-6-15(22-2)7-4-12;16-15(17,18)11-3-1-9(2-4-11)13-6-5-12(19(22)23)7-10(13)8-14(20)21;1-21-13-5-2-10(3-6-13)14-7-4-12(16(19)20)8-11(14)9-15(17)18;15-11-3-1-9(2-4-11)13-6-5-12(16(19)20)7-10(13)8-14(17)18/h3-9H,10H2,1-2H3,(H,18,19)(H,20,21);1-7H,8H2,(H,20,21);2-8H,9H2,1H3,(H,17,18);1-7H,8H2,(H,17,18). The summed E-state index contributed by atoms with van der Waals surface area (Å²) in [5.41, 5.74) is 6.08. The van der Waals surface area contributed by atoms with Gasteiger partial charge in [-0.05, 0) is 146 Å². The minimum absolute atomic E-state index is 0.116. The van der Waals surface area contributed by atoms with E-state index in [2.05, 4.69) is 5.32 Å². The number of hydrogen-bond donors (Lipinski definition) is 5. The molecule has 0 saturated heterocycles. The number of carboxylic acids is 4. The molecule has 0 atom stereocenters. The molecule has 0 saturated carbocycles. The lowest BCUT2D eigenvalue weighted by Crippen LogP contribution is -2.08. The molecule has 8 aromatic carbocycles. The van der Waals surface area contributed by atoms with Crippen molar-refractivity contribution in [2.75, 3.05) is 19.5 Å². The van der Waals surface area contributed by atoms with Crippen molar-refractivity contribution in [3.05, 3.63) is 233 Å². The van der Waals surface area contributed by atoms with Gasteiger partial charge in [0.15, 0.2) is 0 Å². The van der Waals surface area contributed by atoms with Crippen molar-refractivity contribution < 1.29 is 81.8 Å². The van der Waals surface area contributed by atoms with Crippen LogP contribution < -0.4 is 14.8 Å². The number of nitro groups is 3. The molecule has 5 N–H and O–H groups in total. The van der Waals surface area contributed by atoms with Crippen LogP contribution in [0.4, 0.5) is 35.9 Å². The predicted octanol–water partition coefficient (Wildman–Crippen LogP) is 13.3. The molecule has 0 aromatic heterocycles. The van der Waals surface area contributed by atoms with Crippen LogP contribution in [0, 0.1) is 30.3 Å². The lowest BCUT2D eigenvalue weighted by atomic mass is 9.96. The van der Waals surface area contributed by atoms with Crippen LogP contribution in [0.2, 0.25) is 5.02 Å². The van der Waals surface area contributed by atoms with E-state index in [-0.39, 0.29) is 47.8 Å². The minimum atomic E-state index is -4.47. The highest BCUT2D eigenvalue weighted by Gasteiger charge is 2.30. The number of non-ortho nitro benzene ring substituents is 3. The summed E-state index contributed by atoms with van der Waals surface area (Å²) in [6.45, 7) is 1.41. The van der Waals surface area contributed by atoms with Crippen LogP contribution >= 0.6 is 11.6 Å². The van der Waals surface area contributed by atoms with Crippen molar-refractivity contribution >= 4 is 64.1 Å².